The molecular weight excluding hydrogens is 174 g/mol. The van der Waals surface area contributed by atoms with E-state index in [9.17, 15) is 0 Å². The van der Waals surface area contributed by atoms with Gasteiger partial charge >= 0.3 is 59.1 Å². The molecule has 3 N–H and O–H groups in total. The van der Waals surface area contributed by atoms with E-state index in [0.717, 1.165) is 0 Å². The molecule has 0 amide bonds. The van der Waals surface area contributed by atoms with Crippen LogP contribution in [0.3, 0.4) is 0 Å². The van der Waals surface area contributed by atoms with E-state index in [0.29, 0.717) is 0 Å². The van der Waals surface area contributed by atoms with Gasteiger partial charge in [0.1, 0.15) is 0 Å². The van der Waals surface area contributed by atoms with E-state index >= 15 is 0 Å². The molecule has 11 heavy (non-hydrogen) atoms. The van der Waals surface area contributed by atoms with Crippen molar-refractivity contribution in [2.75, 3.05) is 0 Å². The van der Waals surface area contributed by atoms with Gasteiger partial charge in [-0.1, -0.05) is 0 Å². The van der Waals surface area contributed by atoms with Crippen molar-refractivity contribution in [3.63, 3.8) is 0 Å². The van der Waals surface area contributed by atoms with Crippen molar-refractivity contribution >= 4 is 6.16 Å². The fourth-order valence-corrected chi connectivity index (χ4v) is 0. The van der Waals surface area contributed by atoms with Crippen LogP contribution in [0.25, 0.3) is 0 Å². The molecule has 5 nitrogen and oxygen atoms in total. The molecule has 0 aromatic carbocycles. The van der Waals surface area contributed by atoms with E-state index in [-0.39, 0.29) is 70.7 Å². The van der Waals surface area contributed by atoms with Gasteiger partial charge in [-0.15, -0.1) is 0 Å². The van der Waals surface area contributed by atoms with Gasteiger partial charge in [0.25, 0.3) is 0 Å². The average Bonchev–Trinajstić information content (AvgIpc) is 1.25. The van der Waals surface area contributed by atoms with Crippen LogP contribution in [0.1, 0.15) is 13.8 Å². The molecule has 0 saturated heterocycles. The zero-order valence-electron chi connectivity index (χ0n) is 7.25. The van der Waals surface area contributed by atoms with Crippen LogP contribution in [-0.4, -0.2) is 22.8 Å². The van der Waals surface area contributed by atoms with Crippen LogP contribution < -0.4 is 69.3 Å². The van der Waals surface area contributed by atoms with Gasteiger partial charge in [-0.2, -0.15) is 0 Å². The Morgan fingerprint density at radius 3 is 1.27 bits per heavy atom. The van der Waals surface area contributed by atoms with Crippen molar-refractivity contribution < 1.29 is 84.7 Å². The van der Waals surface area contributed by atoms with Crippen LogP contribution in [0.5, 0.6) is 0 Å². The minimum Gasteiger partial charge on any atom is -0.652 e. The van der Waals surface area contributed by atoms with Gasteiger partial charge in [0, 0.05) is 6.10 Å². The smallest absolute Gasteiger partial charge is 0.652 e. The number of carbonyl (C=O) groups excluding carboxylic acids is 1. The van der Waals surface area contributed by atoms with E-state index in [1.54, 1.807) is 13.8 Å². The van der Waals surface area contributed by atoms with Gasteiger partial charge in [0.15, 0.2) is 0 Å². The maximum absolute atomic E-state index is 8.33. The number of rotatable bonds is 0. The first-order valence-electron chi connectivity index (χ1n) is 2.03. The minimum atomic E-state index is -2.33. The van der Waals surface area contributed by atoms with Crippen LogP contribution in [0, 0.1) is 0 Å². The first-order valence-corrected chi connectivity index (χ1v) is 2.03. The molecule has 0 fully saturated rings. The fourth-order valence-electron chi connectivity index (χ4n) is 0. The number of aliphatic hydroxyl groups excluding tert-OH is 1. The first kappa shape index (κ1) is 29.5. The maximum atomic E-state index is 8.33. The number of carbonyl (C=O) groups is 1. The van der Waals surface area contributed by atoms with Crippen molar-refractivity contribution in [1.82, 2.24) is 0 Å². The Balaban J connectivity index is -0.0000000171. The summed E-state index contributed by atoms with van der Waals surface area (Å²) in [4.78, 5) is 8.33. The summed E-state index contributed by atoms with van der Waals surface area (Å²) in [5.41, 5.74) is 0. The van der Waals surface area contributed by atoms with E-state index < -0.39 is 6.16 Å². The van der Waals surface area contributed by atoms with Gasteiger partial charge in [0.05, 0.1) is 0 Å². The third-order valence-corrected chi connectivity index (χ3v) is 0. The van der Waals surface area contributed by atoms with Crippen molar-refractivity contribution in [3.8, 4) is 0 Å². The quantitative estimate of drug-likeness (QED) is 0.376. The molecule has 0 unspecified atom stereocenters. The van der Waals surface area contributed by atoms with E-state index in [4.69, 9.17) is 20.1 Å². The topological polar surface area (TPSA) is 115 Å². The van der Waals surface area contributed by atoms with Crippen molar-refractivity contribution in [2.45, 2.75) is 20.0 Å². The molecule has 0 bridgehead atoms. The second kappa shape index (κ2) is 22.5. The van der Waals surface area contributed by atoms with Gasteiger partial charge in [-0.3, -0.25) is 0 Å². The Labute approximate surface area is 110 Å². The standard InChI is InChI=1S/C3H8O.CH2O3.2Na.H2O/c1-3(2)4;2-1(3)4;;;/h3-4H,1-2H3;(H2,2,3,4);;;1H2/q;;2*+1;/p-2. The SMILES string of the molecule is CC(C)O.O.O=C([O-])[O-].[Na+].[Na+]. The largest absolute Gasteiger partial charge is 1.00 e. The van der Waals surface area contributed by atoms with E-state index in [1.807, 2.05) is 0 Å². The molecule has 0 heterocycles. The Kier molecular flexibility index (Phi) is 60.3. The van der Waals surface area contributed by atoms with Crippen LogP contribution in [0.4, 0.5) is 4.79 Å². The zero-order valence-corrected chi connectivity index (χ0v) is 11.2. The Bertz CT molecular complexity index is 60.7. The summed E-state index contributed by atoms with van der Waals surface area (Å²) >= 11 is 0. The Morgan fingerprint density at radius 2 is 1.27 bits per heavy atom. The molecule has 0 atom stereocenters. The molecule has 0 aromatic rings. The molecule has 7 heteroatoms. The van der Waals surface area contributed by atoms with Crippen LogP contribution >= 0.6 is 0 Å². The summed E-state index contributed by atoms with van der Waals surface area (Å²) in [6.07, 6.45) is -2.50. The zero-order chi connectivity index (χ0) is 7.15. The molecule has 0 saturated carbocycles. The number of hydrogen-bond donors (Lipinski definition) is 1. The van der Waals surface area contributed by atoms with Gasteiger partial charge in [-0.25, -0.2) is 0 Å². The molecule has 0 aromatic heterocycles. The van der Waals surface area contributed by atoms with E-state index in [1.165, 1.54) is 0 Å². The predicted octanol–water partition coefficient (Wildman–Crippen LogP) is -8.88. The summed E-state index contributed by atoms with van der Waals surface area (Å²) < 4.78 is 0. The summed E-state index contributed by atoms with van der Waals surface area (Å²) in [5, 5.41) is 24.7. The van der Waals surface area contributed by atoms with Crippen LogP contribution in [0.2, 0.25) is 0 Å². The molecule has 0 aliphatic carbocycles. The second-order valence-corrected chi connectivity index (χ2v) is 1.34. The van der Waals surface area contributed by atoms with Crippen molar-refractivity contribution in [3.05, 3.63) is 0 Å². The average molecular weight is 184 g/mol. The summed E-state index contributed by atoms with van der Waals surface area (Å²) in [5.74, 6) is 0. The minimum absolute atomic E-state index is 0. The summed E-state index contributed by atoms with van der Waals surface area (Å²) in [7, 11) is 0. The van der Waals surface area contributed by atoms with Gasteiger partial charge in [-0.05, 0) is 20.0 Å². The second-order valence-electron chi connectivity index (χ2n) is 1.34. The van der Waals surface area contributed by atoms with Gasteiger partial charge in [0.2, 0.25) is 0 Å². The molecule has 0 aliphatic rings. The molecule has 0 spiro atoms. The van der Waals surface area contributed by atoms with Crippen molar-refractivity contribution in [1.29, 1.82) is 0 Å². The molecule has 0 aliphatic heterocycles. The molecule has 0 radical (unpaired) electrons. The van der Waals surface area contributed by atoms with E-state index in [2.05, 4.69) is 0 Å². The monoisotopic (exact) mass is 184 g/mol. The summed E-state index contributed by atoms with van der Waals surface area (Å²) in [6.45, 7) is 3.44. The number of hydrogen-bond acceptors (Lipinski definition) is 4. The number of aliphatic hydroxyl groups is 1. The fraction of sp³-hybridized carbons (Fsp3) is 0.750. The first-order chi connectivity index (χ1) is 3.46. The van der Waals surface area contributed by atoms with Crippen LogP contribution in [0.15, 0.2) is 0 Å². The third kappa shape index (κ3) is 667. The molecule has 0 rings (SSSR count). The normalized spacial score (nSPS) is 5.45. The third-order valence-electron chi connectivity index (χ3n) is 0. The molecule has 58 valence electrons. The number of carboxylic acid groups (broad SMARTS) is 2. The molecular formula is C4H10Na2O5. The summed E-state index contributed by atoms with van der Waals surface area (Å²) in [6, 6.07) is 0. The predicted molar refractivity (Wildman–Crippen MR) is 26.4 cm³/mol. The van der Waals surface area contributed by atoms with Crippen LogP contribution in [-0.2, 0) is 0 Å². The Hall–Kier alpha value is 1.19. The Morgan fingerprint density at radius 1 is 1.27 bits per heavy atom. The maximum Gasteiger partial charge on any atom is 1.00 e. The van der Waals surface area contributed by atoms with Crippen molar-refractivity contribution in [2.24, 2.45) is 0 Å². The van der Waals surface area contributed by atoms with Gasteiger partial charge < -0.3 is 25.6 Å².